The van der Waals surface area contributed by atoms with E-state index >= 15 is 0 Å². The topological polar surface area (TPSA) is 17.1 Å². The van der Waals surface area contributed by atoms with Crippen molar-refractivity contribution in [3.8, 4) is 0 Å². The van der Waals surface area contributed by atoms with Gasteiger partial charge in [0, 0.05) is 16.5 Å². The van der Waals surface area contributed by atoms with Gasteiger partial charge in [0.25, 0.3) is 0 Å². The lowest BCUT2D eigenvalue weighted by atomic mass is 10.0. The molecular formula is C10H9BrO. The van der Waals surface area contributed by atoms with Gasteiger partial charge in [-0.3, -0.25) is 4.79 Å². The Morgan fingerprint density at radius 2 is 2.25 bits per heavy atom. The molecule has 1 aliphatic rings. The zero-order valence-corrected chi connectivity index (χ0v) is 8.39. The maximum absolute atomic E-state index is 11.4. The fraction of sp³-hybridized carbons (Fsp3) is 0.300. The molecule has 1 atom stereocenters. The van der Waals surface area contributed by atoms with Crippen molar-refractivity contribution in [2.24, 2.45) is 0 Å². The largest absolute Gasteiger partial charge is 0.294 e. The Labute approximate surface area is 79.9 Å². The van der Waals surface area contributed by atoms with E-state index in [9.17, 15) is 4.79 Å². The molecule has 0 spiro atoms. The molecule has 0 heterocycles. The van der Waals surface area contributed by atoms with Gasteiger partial charge in [-0.2, -0.15) is 0 Å². The van der Waals surface area contributed by atoms with Crippen LogP contribution in [0.5, 0.6) is 0 Å². The van der Waals surface area contributed by atoms with Crippen molar-refractivity contribution in [1.82, 2.24) is 0 Å². The number of rotatable bonds is 0. The minimum atomic E-state index is 0.277. The van der Waals surface area contributed by atoms with Gasteiger partial charge in [0.05, 0.1) is 0 Å². The van der Waals surface area contributed by atoms with Crippen LogP contribution in [-0.4, -0.2) is 5.78 Å². The molecule has 0 N–H and O–H groups in total. The summed E-state index contributed by atoms with van der Waals surface area (Å²) in [6.45, 7) is 2.09. The third kappa shape index (κ3) is 1.02. The Kier molecular flexibility index (Phi) is 1.80. The standard InChI is InChI=1S/C10H9BrO/c1-6-5-9(12)7-3-2-4-8(11)10(6)7/h2-4,6H,5H2,1H3/t6-/m0/s1. The van der Waals surface area contributed by atoms with Crippen LogP contribution in [0.1, 0.15) is 35.2 Å². The van der Waals surface area contributed by atoms with Crippen LogP contribution >= 0.6 is 15.9 Å². The Bertz CT molecular complexity index is 344. The lowest BCUT2D eigenvalue weighted by Gasteiger charge is -2.04. The third-order valence-corrected chi connectivity index (χ3v) is 3.03. The summed E-state index contributed by atoms with van der Waals surface area (Å²) in [5, 5.41) is 0. The number of carbonyl (C=O) groups is 1. The summed E-state index contributed by atoms with van der Waals surface area (Å²) in [6.07, 6.45) is 0.665. The molecule has 0 bridgehead atoms. The fourth-order valence-electron chi connectivity index (χ4n) is 1.77. The molecule has 1 aromatic carbocycles. The number of Topliss-reactive ketones (excluding diaryl/α,β-unsaturated/α-hetero) is 1. The monoisotopic (exact) mass is 224 g/mol. The second-order valence-electron chi connectivity index (χ2n) is 3.23. The van der Waals surface area contributed by atoms with E-state index < -0.39 is 0 Å². The smallest absolute Gasteiger partial charge is 0.163 e. The van der Waals surface area contributed by atoms with Crippen LogP contribution in [0.4, 0.5) is 0 Å². The summed E-state index contributed by atoms with van der Waals surface area (Å²) in [5.41, 5.74) is 2.08. The van der Waals surface area contributed by atoms with Crippen molar-refractivity contribution in [2.75, 3.05) is 0 Å². The molecule has 0 fully saturated rings. The number of ketones is 1. The molecule has 1 aliphatic carbocycles. The Morgan fingerprint density at radius 1 is 1.50 bits per heavy atom. The molecule has 2 heteroatoms. The molecule has 0 saturated heterocycles. The van der Waals surface area contributed by atoms with Crippen LogP contribution in [0.15, 0.2) is 22.7 Å². The zero-order chi connectivity index (χ0) is 8.72. The van der Waals surface area contributed by atoms with E-state index in [0.717, 1.165) is 10.0 Å². The number of fused-ring (bicyclic) bond motifs is 1. The summed E-state index contributed by atoms with van der Waals surface area (Å²) in [4.78, 5) is 11.4. The van der Waals surface area contributed by atoms with Gasteiger partial charge >= 0.3 is 0 Å². The van der Waals surface area contributed by atoms with Crippen LogP contribution in [0.3, 0.4) is 0 Å². The highest BCUT2D eigenvalue weighted by atomic mass is 79.9. The maximum Gasteiger partial charge on any atom is 0.163 e. The molecule has 0 amide bonds. The molecule has 0 aromatic heterocycles. The third-order valence-electron chi connectivity index (χ3n) is 2.34. The lowest BCUT2D eigenvalue weighted by molar-refractivity contribution is 0.0990. The van der Waals surface area contributed by atoms with Crippen molar-refractivity contribution in [3.63, 3.8) is 0 Å². The van der Waals surface area contributed by atoms with Gasteiger partial charge in [-0.1, -0.05) is 35.0 Å². The number of hydrogen-bond acceptors (Lipinski definition) is 1. The van der Waals surface area contributed by atoms with Crippen molar-refractivity contribution >= 4 is 21.7 Å². The Balaban J connectivity index is 2.67. The number of halogens is 1. The summed E-state index contributed by atoms with van der Waals surface area (Å²) >= 11 is 3.46. The second-order valence-corrected chi connectivity index (χ2v) is 4.08. The van der Waals surface area contributed by atoms with Gasteiger partial charge in [0.2, 0.25) is 0 Å². The molecule has 1 aromatic rings. The second kappa shape index (κ2) is 2.70. The maximum atomic E-state index is 11.4. The number of carbonyl (C=O) groups excluding carboxylic acids is 1. The molecule has 0 aliphatic heterocycles. The molecule has 2 rings (SSSR count). The summed E-state index contributed by atoms with van der Waals surface area (Å²) in [7, 11) is 0. The highest BCUT2D eigenvalue weighted by Gasteiger charge is 2.27. The SMILES string of the molecule is C[C@H]1CC(=O)c2cccc(Br)c21. The average Bonchev–Trinajstić information content (AvgIpc) is 2.29. The molecule has 62 valence electrons. The Hall–Kier alpha value is -0.630. The minimum absolute atomic E-state index is 0.277. The summed E-state index contributed by atoms with van der Waals surface area (Å²) < 4.78 is 1.07. The lowest BCUT2D eigenvalue weighted by Crippen LogP contribution is -1.89. The summed E-state index contributed by atoms with van der Waals surface area (Å²) in [5.74, 6) is 0.655. The van der Waals surface area contributed by atoms with E-state index in [2.05, 4.69) is 22.9 Å². The first-order chi connectivity index (χ1) is 5.70. The predicted octanol–water partition coefficient (Wildman–Crippen LogP) is 3.14. The first kappa shape index (κ1) is 7.99. The van der Waals surface area contributed by atoms with Crippen LogP contribution in [0.25, 0.3) is 0 Å². The molecule has 1 nitrogen and oxygen atoms in total. The van der Waals surface area contributed by atoms with E-state index in [4.69, 9.17) is 0 Å². The number of benzene rings is 1. The molecule has 12 heavy (non-hydrogen) atoms. The van der Waals surface area contributed by atoms with E-state index in [0.29, 0.717) is 12.3 Å². The first-order valence-corrected chi connectivity index (χ1v) is 4.81. The van der Waals surface area contributed by atoms with Gasteiger partial charge in [-0.15, -0.1) is 0 Å². The van der Waals surface area contributed by atoms with Gasteiger partial charge < -0.3 is 0 Å². The van der Waals surface area contributed by atoms with E-state index in [1.54, 1.807) is 0 Å². The van der Waals surface area contributed by atoms with Crippen LogP contribution < -0.4 is 0 Å². The van der Waals surface area contributed by atoms with Gasteiger partial charge in [0.1, 0.15) is 0 Å². The molecular weight excluding hydrogens is 216 g/mol. The zero-order valence-electron chi connectivity index (χ0n) is 6.80. The quantitative estimate of drug-likeness (QED) is 0.662. The van der Waals surface area contributed by atoms with Crippen LogP contribution in [0.2, 0.25) is 0 Å². The van der Waals surface area contributed by atoms with Crippen molar-refractivity contribution in [3.05, 3.63) is 33.8 Å². The van der Waals surface area contributed by atoms with Crippen LogP contribution in [0, 0.1) is 0 Å². The van der Waals surface area contributed by atoms with Crippen molar-refractivity contribution in [2.45, 2.75) is 19.3 Å². The van der Waals surface area contributed by atoms with E-state index in [-0.39, 0.29) is 5.78 Å². The van der Waals surface area contributed by atoms with Crippen molar-refractivity contribution < 1.29 is 4.79 Å². The van der Waals surface area contributed by atoms with Crippen molar-refractivity contribution in [1.29, 1.82) is 0 Å². The van der Waals surface area contributed by atoms with Crippen LogP contribution in [-0.2, 0) is 0 Å². The molecule has 0 saturated carbocycles. The highest BCUT2D eigenvalue weighted by molar-refractivity contribution is 9.10. The predicted molar refractivity (Wildman–Crippen MR) is 51.5 cm³/mol. The molecule has 0 radical (unpaired) electrons. The first-order valence-electron chi connectivity index (χ1n) is 4.01. The normalized spacial score (nSPS) is 21.2. The van der Waals surface area contributed by atoms with E-state index in [1.165, 1.54) is 5.56 Å². The van der Waals surface area contributed by atoms with E-state index in [1.807, 2.05) is 18.2 Å². The molecule has 0 unspecified atom stereocenters. The fourth-order valence-corrected chi connectivity index (χ4v) is 2.53. The minimum Gasteiger partial charge on any atom is -0.294 e. The Morgan fingerprint density at radius 3 is 2.92 bits per heavy atom. The summed E-state index contributed by atoms with van der Waals surface area (Å²) in [6, 6.07) is 5.82. The highest BCUT2D eigenvalue weighted by Crippen LogP contribution is 2.37. The van der Waals surface area contributed by atoms with Gasteiger partial charge in [-0.25, -0.2) is 0 Å². The van der Waals surface area contributed by atoms with Gasteiger partial charge in [0.15, 0.2) is 5.78 Å². The van der Waals surface area contributed by atoms with Gasteiger partial charge in [-0.05, 0) is 17.5 Å². The number of hydrogen-bond donors (Lipinski definition) is 0. The average molecular weight is 225 g/mol.